The number of anilines is 1. The van der Waals surface area contributed by atoms with Crippen molar-refractivity contribution < 1.29 is 19.2 Å². The number of methoxy groups -OCH3 is 1. The monoisotopic (exact) mass is 364 g/mol. The maximum atomic E-state index is 12.8. The summed E-state index contributed by atoms with van der Waals surface area (Å²) in [4.78, 5) is 10.2. The molecule has 0 aliphatic heterocycles. The minimum Gasteiger partial charge on any atom is -0.500 e. The van der Waals surface area contributed by atoms with Crippen LogP contribution in [0.5, 0.6) is 11.5 Å². The van der Waals surface area contributed by atoms with Gasteiger partial charge in [0.15, 0.2) is 10.9 Å². The van der Waals surface area contributed by atoms with Gasteiger partial charge in [0.2, 0.25) is 5.75 Å². The highest BCUT2D eigenvalue weighted by Gasteiger charge is 2.19. The van der Waals surface area contributed by atoms with Gasteiger partial charge in [0, 0.05) is 17.3 Å². The number of hydrazone groups is 1. The van der Waals surface area contributed by atoms with Gasteiger partial charge in [-0.2, -0.15) is 5.10 Å². The maximum Gasteiger partial charge on any atom is 0.315 e. The van der Waals surface area contributed by atoms with E-state index in [-0.39, 0.29) is 16.7 Å². The molecule has 2 aromatic carbocycles. The summed E-state index contributed by atoms with van der Waals surface area (Å²) >= 11 is 5.02. The fourth-order valence-corrected chi connectivity index (χ4v) is 2.01. The van der Waals surface area contributed by atoms with Crippen molar-refractivity contribution in [1.82, 2.24) is 5.43 Å². The minimum absolute atomic E-state index is 0.0531. The highest BCUT2D eigenvalue weighted by molar-refractivity contribution is 7.80. The van der Waals surface area contributed by atoms with Gasteiger partial charge in [0.05, 0.1) is 18.2 Å². The van der Waals surface area contributed by atoms with Gasteiger partial charge in [-0.05, 0) is 42.5 Å². The van der Waals surface area contributed by atoms with Crippen LogP contribution in [0.15, 0.2) is 41.5 Å². The molecule has 0 aliphatic rings. The van der Waals surface area contributed by atoms with Crippen LogP contribution in [-0.4, -0.2) is 28.5 Å². The van der Waals surface area contributed by atoms with Crippen LogP contribution >= 0.6 is 12.2 Å². The Hall–Kier alpha value is -3.27. The summed E-state index contributed by atoms with van der Waals surface area (Å²) in [6.45, 7) is 0. The minimum atomic E-state index is -0.733. The molecular weight excluding hydrogens is 351 g/mol. The number of nitro groups is 1. The first-order valence-electron chi connectivity index (χ1n) is 6.81. The SMILES string of the molecule is COc1cc(/C=N/NC(=S)Nc2ccc(F)cc2)cc([N+](=O)[O-])c1O. The quantitative estimate of drug-likeness (QED) is 0.324. The Balaban J connectivity index is 2.06. The Morgan fingerprint density at radius 2 is 2.08 bits per heavy atom. The molecule has 0 fully saturated rings. The van der Waals surface area contributed by atoms with E-state index in [1.54, 1.807) is 0 Å². The van der Waals surface area contributed by atoms with Crippen LogP contribution in [0.2, 0.25) is 0 Å². The first-order chi connectivity index (χ1) is 11.9. The second-order valence-electron chi connectivity index (χ2n) is 4.68. The molecule has 10 heteroatoms. The highest BCUT2D eigenvalue weighted by Crippen LogP contribution is 2.36. The second kappa shape index (κ2) is 8.02. The highest BCUT2D eigenvalue weighted by atomic mass is 32.1. The lowest BCUT2D eigenvalue weighted by molar-refractivity contribution is -0.386. The number of nitrogens with one attached hydrogen (secondary N) is 2. The van der Waals surface area contributed by atoms with Crippen molar-refractivity contribution >= 4 is 34.9 Å². The number of phenolic OH excluding ortho intramolecular Hbond substituents is 1. The molecule has 2 aromatic rings. The summed E-state index contributed by atoms with van der Waals surface area (Å²) in [5.74, 6) is -0.987. The van der Waals surface area contributed by atoms with Crippen molar-refractivity contribution in [2.24, 2.45) is 5.10 Å². The van der Waals surface area contributed by atoms with Crippen molar-refractivity contribution in [1.29, 1.82) is 0 Å². The van der Waals surface area contributed by atoms with E-state index in [1.165, 1.54) is 43.7 Å². The maximum absolute atomic E-state index is 12.8. The number of benzene rings is 2. The van der Waals surface area contributed by atoms with E-state index >= 15 is 0 Å². The summed E-state index contributed by atoms with van der Waals surface area (Å²) < 4.78 is 17.7. The van der Waals surface area contributed by atoms with Crippen LogP contribution in [0.1, 0.15) is 5.56 Å². The molecule has 130 valence electrons. The van der Waals surface area contributed by atoms with Gasteiger partial charge < -0.3 is 15.2 Å². The van der Waals surface area contributed by atoms with E-state index in [0.717, 1.165) is 6.07 Å². The largest absolute Gasteiger partial charge is 0.500 e. The average molecular weight is 364 g/mol. The second-order valence-corrected chi connectivity index (χ2v) is 5.09. The standard InChI is InChI=1S/C15H13FN4O4S/c1-24-13-7-9(6-12(14(13)21)20(22)23)8-17-19-15(25)18-11-4-2-10(16)3-5-11/h2-8,21H,1H3,(H2,18,19,25)/b17-8+. The van der Waals surface area contributed by atoms with Crippen LogP contribution in [0.3, 0.4) is 0 Å². The Morgan fingerprint density at radius 1 is 1.40 bits per heavy atom. The van der Waals surface area contributed by atoms with Crippen LogP contribution in [-0.2, 0) is 0 Å². The van der Waals surface area contributed by atoms with Crippen molar-refractivity contribution in [2.45, 2.75) is 0 Å². The predicted octanol–water partition coefficient (Wildman–Crippen LogP) is 2.77. The zero-order valence-electron chi connectivity index (χ0n) is 12.9. The van der Waals surface area contributed by atoms with E-state index in [2.05, 4.69) is 15.8 Å². The average Bonchev–Trinajstić information content (AvgIpc) is 2.58. The van der Waals surface area contributed by atoms with Gasteiger partial charge in [-0.25, -0.2) is 4.39 Å². The molecule has 0 saturated carbocycles. The molecule has 8 nitrogen and oxygen atoms in total. The Labute approximate surface area is 147 Å². The number of nitrogens with zero attached hydrogens (tertiary/aromatic N) is 2. The molecule has 0 heterocycles. The Kier molecular flexibility index (Phi) is 5.79. The van der Waals surface area contributed by atoms with Gasteiger partial charge in [-0.3, -0.25) is 15.5 Å². The van der Waals surface area contributed by atoms with Crippen molar-refractivity contribution in [3.05, 3.63) is 57.9 Å². The third-order valence-electron chi connectivity index (χ3n) is 2.98. The van der Waals surface area contributed by atoms with Crippen LogP contribution < -0.4 is 15.5 Å². The first-order valence-corrected chi connectivity index (χ1v) is 7.22. The van der Waals surface area contributed by atoms with E-state index in [1.807, 2.05) is 0 Å². The number of hydrogen-bond acceptors (Lipinski definition) is 6. The third kappa shape index (κ3) is 4.85. The number of rotatable bonds is 5. The fraction of sp³-hybridized carbons (Fsp3) is 0.0667. The lowest BCUT2D eigenvalue weighted by atomic mass is 10.2. The molecule has 0 saturated heterocycles. The molecule has 0 unspecified atom stereocenters. The lowest BCUT2D eigenvalue weighted by Crippen LogP contribution is -2.23. The number of ether oxygens (including phenoxy) is 1. The van der Waals surface area contributed by atoms with E-state index in [0.29, 0.717) is 11.3 Å². The molecular formula is C15H13FN4O4S. The number of nitro benzene ring substituents is 1. The summed E-state index contributed by atoms with van der Waals surface area (Å²) in [5.41, 5.74) is 2.89. The Bertz CT molecular complexity index is 827. The predicted molar refractivity (Wildman–Crippen MR) is 94.7 cm³/mol. The van der Waals surface area contributed by atoms with E-state index < -0.39 is 16.4 Å². The molecule has 3 N–H and O–H groups in total. The van der Waals surface area contributed by atoms with Crippen molar-refractivity contribution in [3.8, 4) is 11.5 Å². The molecule has 0 aromatic heterocycles. The zero-order valence-corrected chi connectivity index (χ0v) is 13.7. The third-order valence-corrected chi connectivity index (χ3v) is 3.17. The topological polar surface area (TPSA) is 109 Å². The van der Waals surface area contributed by atoms with Gasteiger partial charge in [-0.1, -0.05) is 0 Å². The van der Waals surface area contributed by atoms with Crippen LogP contribution in [0, 0.1) is 15.9 Å². The molecule has 25 heavy (non-hydrogen) atoms. The van der Waals surface area contributed by atoms with Gasteiger partial charge in [0.25, 0.3) is 0 Å². The van der Waals surface area contributed by atoms with Crippen LogP contribution in [0.25, 0.3) is 0 Å². The molecule has 0 amide bonds. The summed E-state index contributed by atoms with van der Waals surface area (Å²) in [5, 5.41) is 27.4. The van der Waals surface area contributed by atoms with E-state index in [4.69, 9.17) is 17.0 Å². The zero-order chi connectivity index (χ0) is 18.4. The summed E-state index contributed by atoms with van der Waals surface area (Å²) in [7, 11) is 1.28. The molecule has 2 rings (SSSR count). The van der Waals surface area contributed by atoms with Crippen LogP contribution in [0.4, 0.5) is 15.8 Å². The fourth-order valence-electron chi connectivity index (χ4n) is 1.84. The number of halogens is 1. The van der Waals surface area contributed by atoms with Crippen molar-refractivity contribution in [2.75, 3.05) is 12.4 Å². The van der Waals surface area contributed by atoms with Crippen molar-refractivity contribution in [3.63, 3.8) is 0 Å². The van der Waals surface area contributed by atoms with E-state index in [9.17, 15) is 19.6 Å². The number of phenols is 1. The number of aromatic hydroxyl groups is 1. The summed E-state index contributed by atoms with van der Waals surface area (Å²) in [6.07, 6.45) is 1.27. The van der Waals surface area contributed by atoms with Gasteiger partial charge in [-0.15, -0.1) is 0 Å². The Morgan fingerprint density at radius 3 is 2.68 bits per heavy atom. The lowest BCUT2D eigenvalue weighted by Gasteiger charge is -2.07. The molecule has 0 radical (unpaired) electrons. The molecule has 0 atom stereocenters. The molecule has 0 aliphatic carbocycles. The molecule has 0 bridgehead atoms. The molecule has 0 spiro atoms. The van der Waals surface area contributed by atoms with Gasteiger partial charge in [0.1, 0.15) is 5.82 Å². The smallest absolute Gasteiger partial charge is 0.315 e. The van der Waals surface area contributed by atoms with Gasteiger partial charge >= 0.3 is 5.69 Å². The summed E-state index contributed by atoms with van der Waals surface area (Å²) in [6, 6.07) is 8.07. The normalized spacial score (nSPS) is 10.5. The number of thiocarbonyl (C=S) groups is 1. The first kappa shape index (κ1) is 18.1. The number of hydrogen-bond donors (Lipinski definition) is 3.